The van der Waals surface area contributed by atoms with Crippen LogP contribution in [0.25, 0.3) is 0 Å². The molecule has 92 valence electrons. The summed E-state index contributed by atoms with van der Waals surface area (Å²) in [4.78, 5) is 1.33. The topological polar surface area (TPSA) is 0 Å². The smallest absolute Gasteiger partial charge is 0.00289 e. The second kappa shape index (κ2) is 9.23. The van der Waals surface area contributed by atoms with Crippen molar-refractivity contribution in [2.75, 3.05) is 11.5 Å². The van der Waals surface area contributed by atoms with Crippen LogP contribution in [0.4, 0.5) is 0 Å². The summed E-state index contributed by atoms with van der Waals surface area (Å²) >= 11 is 6.18. The van der Waals surface area contributed by atoms with Crippen LogP contribution in [0.2, 0.25) is 0 Å². The van der Waals surface area contributed by atoms with Crippen molar-refractivity contribution in [1.29, 1.82) is 0 Å². The van der Waals surface area contributed by atoms with Crippen LogP contribution in [0.1, 0.15) is 51.4 Å². The summed E-state index contributed by atoms with van der Waals surface area (Å²) in [6, 6.07) is 0. The van der Waals surface area contributed by atoms with Gasteiger partial charge in [-0.1, -0.05) is 25.5 Å². The Hall–Kier alpha value is 0.180. The molecule has 0 aromatic rings. The molecule has 0 nitrogen and oxygen atoms in total. The number of thioether (sulfide) groups is 1. The van der Waals surface area contributed by atoms with Crippen molar-refractivity contribution in [2.24, 2.45) is 0 Å². The van der Waals surface area contributed by atoms with Gasteiger partial charge in [-0.3, -0.25) is 0 Å². The van der Waals surface area contributed by atoms with E-state index in [1.165, 1.54) is 67.6 Å². The van der Waals surface area contributed by atoms with Gasteiger partial charge in [0.1, 0.15) is 0 Å². The van der Waals surface area contributed by atoms with Gasteiger partial charge in [0.25, 0.3) is 0 Å². The maximum Gasteiger partial charge on any atom is 0.00289 e. The summed E-state index contributed by atoms with van der Waals surface area (Å²) in [7, 11) is 0. The Morgan fingerprint density at radius 3 is 2.75 bits per heavy atom. The lowest BCUT2D eigenvalue weighted by molar-refractivity contribution is 0.708. The second-order valence-electron chi connectivity index (χ2n) is 4.38. The van der Waals surface area contributed by atoms with Gasteiger partial charge in [0.2, 0.25) is 0 Å². The molecule has 0 amide bonds. The number of allylic oxidation sites excluding steroid dienone is 2. The number of hydrogen-bond acceptors (Lipinski definition) is 2. The number of thiol groups is 1. The monoisotopic (exact) mass is 256 g/mol. The summed E-state index contributed by atoms with van der Waals surface area (Å²) in [6.07, 6.45) is 12.9. The molecule has 0 spiro atoms. The average Bonchev–Trinajstić information content (AvgIpc) is 2.34. The van der Waals surface area contributed by atoms with E-state index >= 15 is 0 Å². The lowest BCUT2D eigenvalue weighted by atomic mass is 10.00. The summed E-state index contributed by atoms with van der Waals surface area (Å²) in [5, 5.41) is 0. The molecule has 0 aliphatic heterocycles. The van der Waals surface area contributed by atoms with E-state index in [-0.39, 0.29) is 0 Å². The quantitative estimate of drug-likeness (QED) is 0.458. The van der Waals surface area contributed by atoms with Crippen LogP contribution in [-0.2, 0) is 0 Å². The van der Waals surface area contributed by atoms with Gasteiger partial charge in [0.05, 0.1) is 0 Å². The zero-order valence-corrected chi connectivity index (χ0v) is 11.9. The van der Waals surface area contributed by atoms with Crippen LogP contribution in [0.3, 0.4) is 0 Å². The van der Waals surface area contributed by atoms with Gasteiger partial charge in [0.15, 0.2) is 0 Å². The molecule has 0 bridgehead atoms. The highest BCUT2D eigenvalue weighted by Crippen LogP contribution is 2.30. The molecule has 0 N–H and O–H groups in total. The van der Waals surface area contributed by atoms with Crippen molar-refractivity contribution in [2.45, 2.75) is 51.4 Å². The third-order valence-corrected chi connectivity index (χ3v) is 4.40. The minimum Gasteiger partial charge on any atom is -0.179 e. The minimum absolute atomic E-state index is 1.03. The van der Waals surface area contributed by atoms with E-state index in [4.69, 9.17) is 0 Å². The lowest BCUT2D eigenvalue weighted by Crippen LogP contribution is -1.93. The third-order valence-electron chi connectivity index (χ3n) is 2.98. The third kappa shape index (κ3) is 6.05. The highest BCUT2D eigenvalue weighted by molar-refractivity contribution is 8.03. The largest absolute Gasteiger partial charge is 0.179 e. The molecule has 0 radical (unpaired) electrons. The van der Waals surface area contributed by atoms with E-state index in [2.05, 4.69) is 25.3 Å². The molecular formula is C14H24S2. The van der Waals surface area contributed by atoms with Gasteiger partial charge in [0, 0.05) is 4.91 Å². The van der Waals surface area contributed by atoms with E-state index in [0.717, 1.165) is 5.75 Å². The molecule has 0 atom stereocenters. The van der Waals surface area contributed by atoms with E-state index in [9.17, 15) is 0 Å². The predicted molar refractivity (Wildman–Crippen MR) is 80.5 cm³/mol. The Kier molecular flexibility index (Phi) is 8.22. The van der Waals surface area contributed by atoms with Crippen LogP contribution in [0.5, 0.6) is 0 Å². The Morgan fingerprint density at radius 1 is 1.25 bits per heavy atom. The van der Waals surface area contributed by atoms with E-state index in [1.54, 1.807) is 0 Å². The van der Waals surface area contributed by atoms with Crippen molar-refractivity contribution in [3.8, 4) is 0 Å². The Balaban J connectivity index is 2.04. The maximum absolute atomic E-state index is 4.22. The zero-order chi connectivity index (χ0) is 11.6. The molecule has 2 heteroatoms. The molecule has 0 aromatic carbocycles. The molecular weight excluding hydrogens is 232 g/mol. The Labute approximate surface area is 110 Å². The van der Waals surface area contributed by atoms with Crippen LogP contribution in [0.15, 0.2) is 23.1 Å². The fourth-order valence-electron chi connectivity index (χ4n) is 1.95. The molecule has 0 saturated carbocycles. The Morgan fingerprint density at radius 2 is 2.06 bits per heavy atom. The van der Waals surface area contributed by atoms with Gasteiger partial charge >= 0.3 is 0 Å². The van der Waals surface area contributed by atoms with Crippen LogP contribution in [-0.4, -0.2) is 11.5 Å². The first-order valence-electron chi connectivity index (χ1n) is 6.46. The normalized spacial score (nSPS) is 15.9. The SMILES string of the molecule is C=C(SCCCCCCS)C1=CCCCC1. The van der Waals surface area contributed by atoms with Gasteiger partial charge in [-0.15, -0.1) is 11.8 Å². The lowest BCUT2D eigenvalue weighted by Gasteiger charge is -2.14. The molecule has 16 heavy (non-hydrogen) atoms. The van der Waals surface area contributed by atoms with Gasteiger partial charge in [-0.25, -0.2) is 0 Å². The standard InChI is InChI=1S/C14H24S2/c1-13(14-9-5-4-6-10-14)16-12-8-3-2-7-11-15/h9,15H,1-8,10-12H2. The maximum atomic E-state index is 4.22. The molecule has 1 rings (SSSR count). The highest BCUT2D eigenvalue weighted by atomic mass is 32.2. The summed E-state index contributed by atoms with van der Waals surface area (Å²) in [5.41, 5.74) is 1.52. The number of rotatable bonds is 8. The molecule has 1 aliphatic carbocycles. The first-order valence-corrected chi connectivity index (χ1v) is 8.08. The fraction of sp³-hybridized carbons (Fsp3) is 0.714. The molecule has 1 aliphatic rings. The van der Waals surface area contributed by atoms with Crippen molar-refractivity contribution in [3.05, 3.63) is 23.1 Å². The molecule has 0 aromatic heterocycles. The van der Waals surface area contributed by atoms with Crippen molar-refractivity contribution in [3.63, 3.8) is 0 Å². The first-order chi connectivity index (χ1) is 7.84. The van der Waals surface area contributed by atoms with Crippen molar-refractivity contribution >= 4 is 24.4 Å². The molecule has 0 fully saturated rings. The van der Waals surface area contributed by atoms with Crippen LogP contribution >= 0.6 is 24.4 Å². The van der Waals surface area contributed by atoms with Crippen molar-refractivity contribution < 1.29 is 0 Å². The summed E-state index contributed by atoms with van der Waals surface area (Å²) in [5.74, 6) is 2.27. The molecule has 0 heterocycles. The minimum atomic E-state index is 1.03. The van der Waals surface area contributed by atoms with Crippen molar-refractivity contribution in [1.82, 2.24) is 0 Å². The number of hydrogen-bond donors (Lipinski definition) is 1. The van der Waals surface area contributed by atoms with Gasteiger partial charge < -0.3 is 0 Å². The summed E-state index contributed by atoms with van der Waals surface area (Å²) < 4.78 is 0. The predicted octanol–water partition coefficient (Wildman–Crippen LogP) is 5.22. The van der Waals surface area contributed by atoms with E-state index in [0.29, 0.717) is 0 Å². The number of unbranched alkanes of at least 4 members (excludes halogenated alkanes) is 3. The van der Waals surface area contributed by atoms with Crippen LogP contribution < -0.4 is 0 Å². The average molecular weight is 256 g/mol. The second-order valence-corrected chi connectivity index (χ2v) is 6.02. The highest BCUT2D eigenvalue weighted by Gasteiger charge is 2.07. The van der Waals surface area contributed by atoms with Gasteiger partial charge in [-0.05, 0) is 55.6 Å². The Bertz CT molecular complexity index is 231. The van der Waals surface area contributed by atoms with Gasteiger partial charge in [-0.2, -0.15) is 12.6 Å². The van der Waals surface area contributed by atoms with E-state index in [1.807, 2.05) is 11.8 Å². The zero-order valence-electron chi connectivity index (χ0n) is 10.2. The fourth-order valence-corrected chi connectivity index (χ4v) is 3.14. The van der Waals surface area contributed by atoms with E-state index < -0.39 is 0 Å². The van der Waals surface area contributed by atoms with Crippen LogP contribution in [0, 0.1) is 0 Å². The molecule has 0 unspecified atom stereocenters. The summed E-state index contributed by atoms with van der Waals surface area (Å²) in [6.45, 7) is 4.19. The molecule has 0 saturated heterocycles. The first kappa shape index (κ1) is 14.2.